The van der Waals surface area contributed by atoms with Gasteiger partial charge in [0, 0.05) is 23.9 Å². The number of nitrogens with zero attached hydrogens (tertiary/aromatic N) is 4. The number of aliphatic imine (C=N–C) groups is 1. The maximum Gasteiger partial charge on any atom is 0.258 e. The first-order valence-corrected chi connectivity index (χ1v) is 10.4. The molecular formula is C24H23N5O3. The van der Waals surface area contributed by atoms with Crippen molar-refractivity contribution in [3.63, 3.8) is 0 Å². The molecular weight excluding hydrogens is 406 g/mol. The molecule has 1 aliphatic carbocycles. The Balaban J connectivity index is 1.64. The number of carbonyl (C=O) groups excluding carboxylic acids is 1. The first kappa shape index (κ1) is 21.2. The van der Waals surface area contributed by atoms with Crippen LogP contribution in [0.4, 0.5) is 0 Å². The molecule has 2 aromatic carbocycles. The molecule has 0 aliphatic heterocycles. The molecule has 32 heavy (non-hydrogen) atoms. The van der Waals surface area contributed by atoms with Crippen LogP contribution >= 0.6 is 0 Å². The average Bonchev–Trinajstić information content (AvgIpc) is 3.44. The summed E-state index contributed by atoms with van der Waals surface area (Å²) in [5.74, 6) is 1.21. The minimum atomic E-state index is -0.119. The predicted octanol–water partition coefficient (Wildman–Crippen LogP) is 3.54. The van der Waals surface area contributed by atoms with Gasteiger partial charge >= 0.3 is 0 Å². The van der Waals surface area contributed by atoms with Crippen molar-refractivity contribution in [2.45, 2.75) is 32.8 Å². The molecule has 1 aliphatic rings. The highest BCUT2D eigenvalue weighted by atomic mass is 16.5. The van der Waals surface area contributed by atoms with Gasteiger partial charge in [-0.05, 0) is 56.0 Å². The maximum absolute atomic E-state index is 11.5. The van der Waals surface area contributed by atoms with Crippen molar-refractivity contribution >= 4 is 11.6 Å². The summed E-state index contributed by atoms with van der Waals surface area (Å²) in [6.45, 7) is 3.93. The molecule has 162 valence electrons. The zero-order chi connectivity index (χ0) is 22.7. The highest BCUT2D eigenvalue weighted by molar-refractivity contribution is 6.06. The first-order valence-electron chi connectivity index (χ1n) is 10.4. The summed E-state index contributed by atoms with van der Waals surface area (Å²) in [7, 11) is 1.60. The lowest BCUT2D eigenvalue weighted by molar-refractivity contribution is -0.119. The minimum Gasteiger partial charge on any atom is -0.490 e. The smallest absolute Gasteiger partial charge is 0.258 e. The fourth-order valence-electron chi connectivity index (χ4n) is 3.68. The standard InChI is InChI=1S/C24H23N5O3/c1-14(2)31-21-10-7-15(11-16(21)12-25)24-28-23(29-32-24)19-6-4-5-18-17(19)8-9-20(18)27-13-22(30)26-3/h4-7,10-11,14H,8-9,13H2,1-3H3,(H,26,30). The van der Waals surface area contributed by atoms with Crippen molar-refractivity contribution < 1.29 is 14.1 Å². The van der Waals surface area contributed by atoms with Crippen molar-refractivity contribution in [1.82, 2.24) is 15.5 Å². The van der Waals surface area contributed by atoms with Crippen LogP contribution in [-0.2, 0) is 11.2 Å². The molecule has 1 amide bonds. The number of aromatic nitrogens is 2. The molecule has 0 radical (unpaired) electrons. The lowest BCUT2D eigenvalue weighted by Crippen LogP contribution is -2.21. The van der Waals surface area contributed by atoms with Gasteiger partial charge in [0.1, 0.15) is 18.4 Å². The quantitative estimate of drug-likeness (QED) is 0.641. The Morgan fingerprint density at radius 1 is 1.28 bits per heavy atom. The van der Waals surface area contributed by atoms with Crippen LogP contribution in [0.25, 0.3) is 22.8 Å². The van der Waals surface area contributed by atoms with E-state index >= 15 is 0 Å². The second-order valence-electron chi connectivity index (χ2n) is 7.68. The van der Waals surface area contributed by atoms with Crippen LogP contribution in [0.15, 0.2) is 45.9 Å². The second-order valence-corrected chi connectivity index (χ2v) is 7.68. The van der Waals surface area contributed by atoms with E-state index in [9.17, 15) is 10.1 Å². The monoisotopic (exact) mass is 429 g/mol. The molecule has 1 N–H and O–H groups in total. The topological polar surface area (TPSA) is 113 Å². The average molecular weight is 429 g/mol. The van der Waals surface area contributed by atoms with Gasteiger partial charge in [0.15, 0.2) is 0 Å². The van der Waals surface area contributed by atoms with Gasteiger partial charge in [-0.2, -0.15) is 10.2 Å². The van der Waals surface area contributed by atoms with Crippen LogP contribution in [0.2, 0.25) is 0 Å². The molecule has 8 nitrogen and oxygen atoms in total. The molecule has 3 aromatic rings. The van der Waals surface area contributed by atoms with Gasteiger partial charge in [-0.25, -0.2) is 0 Å². The number of hydrogen-bond donors (Lipinski definition) is 1. The van der Waals surface area contributed by atoms with Gasteiger partial charge in [-0.1, -0.05) is 23.4 Å². The van der Waals surface area contributed by atoms with E-state index in [1.165, 1.54) is 0 Å². The Morgan fingerprint density at radius 2 is 2.09 bits per heavy atom. The van der Waals surface area contributed by atoms with Gasteiger partial charge in [0.2, 0.25) is 11.7 Å². The molecule has 0 saturated carbocycles. The Hall–Kier alpha value is -3.99. The first-order chi connectivity index (χ1) is 15.5. The Labute approximate surface area is 185 Å². The van der Waals surface area contributed by atoms with E-state index < -0.39 is 0 Å². The van der Waals surface area contributed by atoms with Gasteiger partial charge in [0.25, 0.3) is 5.89 Å². The third kappa shape index (κ3) is 4.23. The van der Waals surface area contributed by atoms with Crippen molar-refractivity contribution in [3.8, 4) is 34.7 Å². The second kappa shape index (κ2) is 9.02. The lowest BCUT2D eigenvalue weighted by atomic mass is 10.0. The fourth-order valence-corrected chi connectivity index (χ4v) is 3.68. The molecule has 1 heterocycles. The summed E-state index contributed by atoms with van der Waals surface area (Å²) in [4.78, 5) is 20.6. The van der Waals surface area contributed by atoms with Gasteiger partial charge in [0.05, 0.1) is 11.7 Å². The van der Waals surface area contributed by atoms with Crippen molar-refractivity contribution in [3.05, 3.63) is 53.1 Å². The molecule has 8 heteroatoms. The molecule has 0 atom stereocenters. The van der Waals surface area contributed by atoms with Crippen molar-refractivity contribution in [2.75, 3.05) is 13.6 Å². The highest BCUT2D eigenvalue weighted by Crippen LogP contribution is 2.33. The zero-order valence-corrected chi connectivity index (χ0v) is 18.2. The number of nitriles is 1. The van der Waals surface area contributed by atoms with Crippen LogP contribution in [0.5, 0.6) is 5.75 Å². The van der Waals surface area contributed by atoms with E-state index in [2.05, 4.69) is 26.5 Å². The molecule has 0 saturated heterocycles. The summed E-state index contributed by atoms with van der Waals surface area (Å²) in [6, 6.07) is 13.3. The van der Waals surface area contributed by atoms with Crippen LogP contribution < -0.4 is 10.1 Å². The van der Waals surface area contributed by atoms with E-state index in [0.29, 0.717) is 28.6 Å². The number of amides is 1. The molecule has 0 fully saturated rings. The summed E-state index contributed by atoms with van der Waals surface area (Å²) < 4.78 is 11.2. The van der Waals surface area contributed by atoms with Crippen LogP contribution in [-0.4, -0.2) is 41.5 Å². The molecule has 0 unspecified atom stereocenters. The molecule has 1 aromatic heterocycles. The third-order valence-corrected chi connectivity index (χ3v) is 5.17. The number of ether oxygens (including phenoxy) is 1. The summed E-state index contributed by atoms with van der Waals surface area (Å²) in [5, 5.41) is 16.2. The molecule has 0 bridgehead atoms. The van der Waals surface area contributed by atoms with E-state index in [4.69, 9.17) is 9.26 Å². The van der Waals surface area contributed by atoms with E-state index in [1.54, 1.807) is 25.2 Å². The SMILES string of the molecule is CNC(=O)CN=C1CCc2c1cccc2-c1noc(-c2ccc(OC(C)C)c(C#N)c2)n1. The normalized spacial score (nSPS) is 13.8. The van der Waals surface area contributed by atoms with Crippen molar-refractivity contribution in [2.24, 2.45) is 4.99 Å². The highest BCUT2D eigenvalue weighted by Gasteiger charge is 2.24. The van der Waals surface area contributed by atoms with Gasteiger partial charge in [-0.15, -0.1) is 0 Å². The Kier molecular flexibility index (Phi) is 5.99. The maximum atomic E-state index is 11.5. The summed E-state index contributed by atoms with van der Waals surface area (Å²) >= 11 is 0. The largest absolute Gasteiger partial charge is 0.490 e. The van der Waals surface area contributed by atoms with Crippen LogP contribution in [0.1, 0.15) is 37.0 Å². The van der Waals surface area contributed by atoms with Crippen LogP contribution in [0.3, 0.4) is 0 Å². The minimum absolute atomic E-state index is 0.0343. The number of fused-ring (bicyclic) bond motifs is 1. The van der Waals surface area contributed by atoms with E-state index in [0.717, 1.165) is 35.2 Å². The Morgan fingerprint density at radius 3 is 2.84 bits per heavy atom. The number of hydrogen-bond acceptors (Lipinski definition) is 7. The van der Waals surface area contributed by atoms with Gasteiger partial charge in [-0.3, -0.25) is 9.79 Å². The predicted molar refractivity (Wildman–Crippen MR) is 119 cm³/mol. The third-order valence-electron chi connectivity index (χ3n) is 5.17. The van der Waals surface area contributed by atoms with E-state index in [-0.39, 0.29) is 18.6 Å². The van der Waals surface area contributed by atoms with Crippen molar-refractivity contribution in [1.29, 1.82) is 5.26 Å². The van der Waals surface area contributed by atoms with E-state index in [1.807, 2.05) is 32.0 Å². The van der Waals surface area contributed by atoms with Gasteiger partial charge < -0.3 is 14.6 Å². The lowest BCUT2D eigenvalue weighted by Gasteiger charge is -2.11. The zero-order valence-electron chi connectivity index (χ0n) is 18.2. The number of carbonyl (C=O) groups is 1. The number of rotatable bonds is 6. The number of likely N-dealkylation sites (N-methyl/N-ethyl adjacent to an activating group) is 1. The number of nitrogens with one attached hydrogen (secondary N) is 1. The molecule has 4 rings (SSSR count). The summed E-state index contributed by atoms with van der Waals surface area (Å²) in [5.41, 5.74) is 4.95. The molecule has 0 spiro atoms. The van der Waals surface area contributed by atoms with Crippen LogP contribution in [0, 0.1) is 11.3 Å². The summed E-state index contributed by atoms with van der Waals surface area (Å²) in [6.07, 6.45) is 1.52. The number of benzene rings is 2. The fraction of sp³-hybridized carbons (Fsp3) is 0.292. The Bertz CT molecular complexity index is 1240.